The number of carboxylic acid groups (broad SMARTS) is 1. The molecule has 0 unspecified atom stereocenters. The summed E-state index contributed by atoms with van der Waals surface area (Å²) in [6.07, 6.45) is -3.80. The highest BCUT2D eigenvalue weighted by Crippen LogP contribution is 2.34. The minimum Gasteiger partial charge on any atom is -0.475 e. The molecule has 9 nitrogen and oxygen atoms in total. The van der Waals surface area contributed by atoms with Crippen LogP contribution in [0.1, 0.15) is 28.8 Å². The van der Waals surface area contributed by atoms with E-state index in [1.165, 1.54) is 11.0 Å². The second-order valence-electron chi connectivity index (χ2n) is 7.47. The van der Waals surface area contributed by atoms with Crippen LogP contribution in [0.15, 0.2) is 12.1 Å². The van der Waals surface area contributed by atoms with Crippen LogP contribution in [-0.2, 0) is 25.7 Å². The molecule has 0 bridgehead atoms. The summed E-state index contributed by atoms with van der Waals surface area (Å²) >= 11 is 0. The van der Waals surface area contributed by atoms with Crippen molar-refractivity contribution in [2.75, 3.05) is 18.0 Å². The number of nitrogens with zero attached hydrogens (tertiary/aromatic N) is 2. The Morgan fingerprint density at radius 3 is 2.34 bits per heavy atom. The number of aldehydes is 1. The molecule has 1 atom stereocenters. The number of carbonyl (C=O) groups excluding carboxylic acids is 4. The number of imide groups is 1. The highest BCUT2D eigenvalue weighted by molar-refractivity contribution is 6.05. The predicted molar refractivity (Wildman–Crippen MR) is 97.9 cm³/mol. The fraction of sp³-hybridized carbons (Fsp3) is 0.421. The number of hydrogen-bond donors (Lipinski definition) is 2. The fourth-order valence-electron chi connectivity index (χ4n) is 3.63. The Bertz CT molecular complexity index is 990. The van der Waals surface area contributed by atoms with Gasteiger partial charge in [0.2, 0.25) is 11.8 Å². The molecule has 172 valence electrons. The molecule has 13 heteroatoms. The Labute approximate surface area is 177 Å². The SMILES string of the molecule is O=C(O)C(F)(F)F.O=CC1CN(c2cc(F)c3c(c2)CN([C@H]2CCC(=O)NC2=O)C3=O)C1. The number of anilines is 1. The van der Waals surface area contributed by atoms with Crippen molar-refractivity contribution in [1.29, 1.82) is 0 Å². The highest BCUT2D eigenvalue weighted by Gasteiger charge is 2.41. The average Bonchev–Trinajstić information content (AvgIpc) is 2.97. The van der Waals surface area contributed by atoms with E-state index < -0.39 is 35.8 Å². The van der Waals surface area contributed by atoms with Crippen LogP contribution < -0.4 is 10.2 Å². The maximum absolute atomic E-state index is 14.5. The predicted octanol–water partition coefficient (Wildman–Crippen LogP) is 0.855. The summed E-state index contributed by atoms with van der Waals surface area (Å²) in [6, 6.07) is 2.28. The second-order valence-corrected chi connectivity index (χ2v) is 7.47. The minimum atomic E-state index is -5.08. The molecule has 32 heavy (non-hydrogen) atoms. The van der Waals surface area contributed by atoms with Crippen LogP contribution in [0.2, 0.25) is 0 Å². The van der Waals surface area contributed by atoms with Gasteiger partial charge >= 0.3 is 12.1 Å². The summed E-state index contributed by atoms with van der Waals surface area (Å²) in [4.78, 5) is 58.7. The Kier molecular flexibility index (Phi) is 6.19. The van der Waals surface area contributed by atoms with E-state index in [1.807, 2.05) is 4.90 Å². The van der Waals surface area contributed by atoms with E-state index in [0.717, 1.165) is 6.29 Å². The monoisotopic (exact) mass is 459 g/mol. The average molecular weight is 459 g/mol. The van der Waals surface area contributed by atoms with Crippen LogP contribution in [0.5, 0.6) is 0 Å². The third-order valence-electron chi connectivity index (χ3n) is 5.27. The van der Waals surface area contributed by atoms with Crippen molar-refractivity contribution in [3.8, 4) is 0 Å². The van der Waals surface area contributed by atoms with Gasteiger partial charge in [0, 0.05) is 37.7 Å². The van der Waals surface area contributed by atoms with Crippen molar-refractivity contribution >= 4 is 35.7 Å². The second kappa shape index (κ2) is 8.55. The van der Waals surface area contributed by atoms with Crippen LogP contribution in [0.25, 0.3) is 0 Å². The van der Waals surface area contributed by atoms with Crippen LogP contribution in [-0.4, -0.2) is 65.3 Å². The Morgan fingerprint density at radius 1 is 1.19 bits per heavy atom. The summed E-state index contributed by atoms with van der Waals surface area (Å²) in [6.45, 7) is 1.20. The zero-order valence-corrected chi connectivity index (χ0v) is 16.3. The quantitative estimate of drug-likeness (QED) is 0.390. The number of piperidine rings is 1. The van der Waals surface area contributed by atoms with Gasteiger partial charge in [0.15, 0.2) is 0 Å². The van der Waals surface area contributed by atoms with Gasteiger partial charge in [-0.2, -0.15) is 13.2 Å². The first-order valence-corrected chi connectivity index (χ1v) is 9.39. The Hall–Kier alpha value is -3.51. The molecule has 0 spiro atoms. The maximum atomic E-state index is 14.5. The van der Waals surface area contributed by atoms with Gasteiger partial charge in [-0.3, -0.25) is 19.7 Å². The molecule has 3 aliphatic heterocycles. The molecule has 1 aromatic rings. The van der Waals surface area contributed by atoms with Crippen molar-refractivity contribution in [2.45, 2.75) is 31.6 Å². The first kappa shape index (κ1) is 23.2. The van der Waals surface area contributed by atoms with E-state index in [4.69, 9.17) is 9.90 Å². The van der Waals surface area contributed by atoms with E-state index in [9.17, 15) is 36.7 Å². The van der Waals surface area contributed by atoms with Crippen molar-refractivity contribution in [2.24, 2.45) is 5.92 Å². The van der Waals surface area contributed by atoms with E-state index in [0.29, 0.717) is 24.3 Å². The smallest absolute Gasteiger partial charge is 0.475 e. The van der Waals surface area contributed by atoms with Gasteiger partial charge in [0.25, 0.3) is 5.91 Å². The normalized spacial score (nSPS) is 20.8. The van der Waals surface area contributed by atoms with Crippen molar-refractivity contribution in [1.82, 2.24) is 10.2 Å². The molecule has 0 aromatic heterocycles. The highest BCUT2D eigenvalue weighted by atomic mass is 19.4. The number of benzene rings is 1. The third-order valence-corrected chi connectivity index (χ3v) is 5.27. The number of carboxylic acids is 1. The zero-order chi connectivity index (χ0) is 23.8. The minimum absolute atomic E-state index is 0.0130. The van der Waals surface area contributed by atoms with Crippen LogP contribution in [0.3, 0.4) is 0 Å². The molecule has 2 saturated heterocycles. The van der Waals surface area contributed by atoms with Crippen LogP contribution >= 0.6 is 0 Å². The molecular formula is C19H17F4N3O6. The topological polar surface area (TPSA) is 124 Å². The number of fused-ring (bicyclic) bond motifs is 1. The molecule has 0 radical (unpaired) electrons. The van der Waals surface area contributed by atoms with Gasteiger partial charge in [-0.05, 0) is 24.1 Å². The summed E-state index contributed by atoms with van der Waals surface area (Å²) in [5.74, 6) is -4.83. The number of rotatable bonds is 3. The summed E-state index contributed by atoms with van der Waals surface area (Å²) in [5.41, 5.74) is 1.15. The maximum Gasteiger partial charge on any atom is 0.490 e. The van der Waals surface area contributed by atoms with Crippen LogP contribution in [0.4, 0.5) is 23.2 Å². The lowest BCUT2D eigenvalue weighted by atomic mass is 9.99. The molecule has 3 aliphatic rings. The molecule has 0 saturated carbocycles. The summed E-state index contributed by atoms with van der Waals surface area (Å²) in [5, 5.41) is 9.35. The van der Waals surface area contributed by atoms with Gasteiger partial charge in [-0.15, -0.1) is 0 Å². The number of alkyl halides is 3. The summed E-state index contributed by atoms with van der Waals surface area (Å²) < 4.78 is 46.2. The van der Waals surface area contributed by atoms with E-state index in [1.54, 1.807) is 6.07 Å². The van der Waals surface area contributed by atoms with Gasteiger partial charge in [0.05, 0.1) is 5.56 Å². The zero-order valence-electron chi connectivity index (χ0n) is 16.3. The molecular weight excluding hydrogens is 442 g/mol. The van der Waals surface area contributed by atoms with Gasteiger partial charge in [-0.1, -0.05) is 0 Å². The summed E-state index contributed by atoms with van der Waals surface area (Å²) in [7, 11) is 0. The number of aliphatic carboxylic acids is 1. The molecule has 1 aromatic carbocycles. The van der Waals surface area contributed by atoms with Crippen molar-refractivity contribution < 1.29 is 46.6 Å². The first-order valence-electron chi connectivity index (χ1n) is 9.39. The Morgan fingerprint density at radius 2 is 1.81 bits per heavy atom. The molecule has 4 rings (SSSR count). The number of amides is 3. The molecule has 2 fully saturated rings. The largest absolute Gasteiger partial charge is 0.490 e. The van der Waals surface area contributed by atoms with Gasteiger partial charge in [0.1, 0.15) is 18.1 Å². The fourth-order valence-corrected chi connectivity index (χ4v) is 3.63. The Balaban J connectivity index is 0.000000360. The lowest BCUT2D eigenvalue weighted by Crippen LogP contribution is -2.52. The molecule has 3 heterocycles. The third kappa shape index (κ3) is 4.55. The van der Waals surface area contributed by atoms with Gasteiger partial charge in [-0.25, -0.2) is 9.18 Å². The van der Waals surface area contributed by atoms with E-state index in [-0.39, 0.29) is 36.8 Å². The standard InChI is InChI=1S/C17H16FN3O4.C2HF3O2/c18-12-4-11(20-5-9(6-20)8-22)3-10-7-21(17(25)15(10)12)13-1-2-14(23)19-16(13)24;3-2(4,5)1(6)7/h3-4,8-9,13H,1-2,5-7H2,(H,19,23,24);(H,6,7)/t13-;/m0./s1. The molecule has 3 amide bonds. The van der Waals surface area contributed by atoms with E-state index in [2.05, 4.69) is 5.32 Å². The number of halogens is 4. The lowest BCUT2D eigenvalue weighted by Gasteiger charge is -2.38. The number of hydrogen-bond acceptors (Lipinski definition) is 6. The number of carbonyl (C=O) groups is 5. The van der Waals surface area contributed by atoms with Gasteiger partial charge < -0.3 is 19.7 Å². The van der Waals surface area contributed by atoms with Crippen molar-refractivity contribution in [3.63, 3.8) is 0 Å². The number of nitrogens with one attached hydrogen (secondary N) is 1. The van der Waals surface area contributed by atoms with E-state index >= 15 is 0 Å². The molecule has 0 aliphatic carbocycles. The van der Waals surface area contributed by atoms with Crippen LogP contribution in [0, 0.1) is 11.7 Å². The first-order chi connectivity index (χ1) is 14.9. The lowest BCUT2D eigenvalue weighted by molar-refractivity contribution is -0.192. The molecule has 2 N–H and O–H groups in total. The van der Waals surface area contributed by atoms with Crippen molar-refractivity contribution in [3.05, 3.63) is 29.1 Å².